The first kappa shape index (κ1) is 100.0. The molecule has 38 heteroatoms. The fraction of sp³-hybridized carbons (Fsp3) is 0.662. The van der Waals surface area contributed by atoms with Crippen molar-refractivity contribution in [3.63, 3.8) is 0 Å². The number of ether oxygens (including phenoxy) is 4. The summed E-state index contributed by atoms with van der Waals surface area (Å²) in [4.78, 5) is 195. The van der Waals surface area contributed by atoms with Crippen molar-refractivity contribution in [2.24, 2.45) is 40.5 Å². The third-order valence-corrected chi connectivity index (χ3v) is 18.3. The number of unbranched alkanes of at least 4 members (excludes halogenated alkanes) is 3. The Morgan fingerprint density at radius 3 is 1.48 bits per heavy atom. The van der Waals surface area contributed by atoms with E-state index in [9.17, 15) is 77.3 Å². The van der Waals surface area contributed by atoms with E-state index in [1.807, 2.05) is 20.8 Å². The first-order chi connectivity index (χ1) is 54.9. The number of ketones is 1. The van der Waals surface area contributed by atoms with Crippen LogP contribution in [0, 0.1) is 11.8 Å². The van der Waals surface area contributed by atoms with Crippen molar-refractivity contribution in [3.8, 4) is 0 Å². The normalized spacial score (nSPS) is 19.9. The fourth-order valence-corrected chi connectivity index (χ4v) is 11.8. The topological polar surface area (TPSA) is 603 Å². The minimum Gasteiger partial charge on any atom is -0.391 e. The van der Waals surface area contributed by atoms with Crippen LogP contribution in [0.25, 0.3) is 0 Å². The van der Waals surface area contributed by atoms with Gasteiger partial charge in [0.15, 0.2) is 5.78 Å². The van der Waals surface area contributed by atoms with E-state index in [4.69, 9.17) is 47.6 Å². The van der Waals surface area contributed by atoms with Gasteiger partial charge in [0.2, 0.25) is 70.9 Å². The van der Waals surface area contributed by atoms with Crippen molar-refractivity contribution in [2.45, 2.75) is 217 Å². The molecule has 0 unspecified atom stereocenters. The summed E-state index contributed by atoms with van der Waals surface area (Å²) >= 11 is 0. The number of aliphatic hydroxyl groups is 2. The van der Waals surface area contributed by atoms with E-state index in [0.717, 1.165) is 26.2 Å². The zero-order valence-corrected chi connectivity index (χ0v) is 67.5. The van der Waals surface area contributed by atoms with Gasteiger partial charge >= 0.3 is 0 Å². The number of hydrogen-bond donors (Lipinski definition) is 20. The second-order valence-corrected chi connectivity index (χ2v) is 28.7. The molecular formula is C77H128N18O20. The van der Waals surface area contributed by atoms with E-state index in [1.54, 1.807) is 68.4 Å². The molecule has 646 valence electrons. The van der Waals surface area contributed by atoms with Gasteiger partial charge in [0.25, 0.3) is 5.91 Å². The van der Waals surface area contributed by atoms with Crippen LogP contribution in [-0.4, -0.2) is 270 Å². The Kier molecular flexibility index (Phi) is 48.8. The van der Waals surface area contributed by atoms with E-state index in [0.29, 0.717) is 23.1 Å². The maximum absolute atomic E-state index is 14.7. The number of carbonyl (C=O) groups is 14. The molecule has 1 saturated heterocycles. The molecule has 0 aromatic heterocycles. The van der Waals surface area contributed by atoms with E-state index in [2.05, 4.69) is 69.1 Å². The molecule has 0 spiro atoms. The SMILES string of the molecule is CCCCCC[C@H](NC(=O)CCOCCOCCOCCOCCNC(=O)c1ccc(C(=O)C(C)C)cc1)C(=O)N[C@@H](CCN)C(=O)N[C@H](C(=O)N[C@@H](CCN)C(=O)N[C@H]1CCNC(=O)[C@H]([C@@H](C)O)NC(=O)[C@H](CCN)NC(=O)[C@H](CCN)NC(=O)[C@H](CC(C)C)NC(=O)[C@@H](Cc2ccccc2)NC(=O)[C@H](CCN)NC1=O)[C@@H](C)O. The smallest absolute Gasteiger partial charge is 0.251 e. The first-order valence-electron chi connectivity index (χ1n) is 39.7. The average molecular weight is 1630 g/mol. The standard InChI is InChI=1S/C77H128N18O20/c1-8-9-10-14-17-53(85-62(98)28-36-112-38-40-114-42-43-115-41-39-113-37-35-84-66(100)52-20-18-51(19-21-52)65(99)47(4)5)67(101)87-58(26-33-82)73(107)95-64(49(7)97)77(111)91-56(24-31-80)69(103)90-59-27-34-83-76(110)63(48(6)96)94-72(106)57(25-32-81)88-68(102)54(22-29-78)89-74(108)60(44-46(2)3)92-75(109)61(45-50-15-12-11-13-16-50)93-70(104)55(23-30-79)86-71(59)105/h11-13,15-16,18-21,46-49,53-61,63-64,96-97H,8-10,14,17,22-45,78-82H2,1-7H3,(H,83,110)(H,84,100)(H,85,98)(H,86,105)(H,87,101)(H,88,102)(H,89,108)(H,90,103)(H,91,111)(H,92,109)(H,93,104)(H,94,106)(H,95,107)/t48-,49-,53+,54+,55+,56+,57+,58+,59+,60+,61-,63+,64+/m1/s1. The van der Waals surface area contributed by atoms with Crippen LogP contribution in [0.5, 0.6) is 0 Å². The molecule has 1 aliphatic heterocycles. The lowest BCUT2D eigenvalue weighted by atomic mass is 10.00. The highest BCUT2D eigenvalue weighted by molar-refractivity contribution is 6.01. The van der Waals surface area contributed by atoms with Gasteiger partial charge in [-0.25, -0.2) is 0 Å². The fourth-order valence-electron chi connectivity index (χ4n) is 11.8. The van der Waals surface area contributed by atoms with Crippen molar-refractivity contribution in [2.75, 3.05) is 98.7 Å². The zero-order chi connectivity index (χ0) is 85.4. The summed E-state index contributed by atoms with van der Waals surface area (Å²) in [5.41, 5.74) is 31.2. The van der Waals surface area contributed by atoms with Crippen LogP contribution < -0.4 is 97.8 Å². The molecule has 2 aromatic carbocycles. The number of rotatable bonds is 48. The Morgan fingerprint density at radius 1 is 0.487 bits per heavy atom. The predicted molar refractivity (Wildman–Crippen MR) is 425 cm³/mol. The number of nitrogens with one attached hydrogen (secondary N) is 13. The lowest BCUT2D eigenvalue weighted by Gasteiger charge is -2.29. The van der Waals surface area contributed by atoms with Crippen LogP contribution in [-0.2, 0) is 82.9 Å². The Morgan fingerprint density at radius 2 is 0.957 bits per heavy atom. The van der Waals surface area contributed by atoms with Gasteiger partial charge in [-0.2, -0.15) is 0 Å². The van der Waals surface area contributed by atoms with E-state index in [1.165, 1.54) is 6.92 Å². The first-order valence-corrected chi connectivity index (χ1v) is 39.7. The second-order valence-electron chi connectivity index (χ2n) is 28.7. The van der Waals surface area contributed by atoms with Gasteiger partial charge in [-0.05, 0) is 122 Å². The van der Waals surface area contributed by atoms with Crippen LogP contribution >= 0.6 is 0 Å². The van der Waals surface area contributed by atoms with Crippen molar-refractivity contribution in [3.05, 3.63) is 71.3 Å². The largest absolute Gasteiger partial charge is 0.391 e. The molecule has 1 heterocycles. The summed E-state index contributed by atoms with van der Waals surface area (Å²) in [5, 5.41) is 55.5. The van der Waals surface area contributed by atoms with Crippen molar-refractivity contribution >= 4 is 82.6 Å². The van der Waals surface area contributed by atoms with Gasteiger partial charge in [0.05, 0.1) is 65.1 Å². The number of aliphatic hydroxyl groups excluding tert-OH is 2. The molecule has 115 heavy (non-hydrogen) atoms. The minimum atomic E-state index is -1.84. The highest BCUT2D eigenvalue weighted by Gasteiger charge is 2.38. The van der Waals surface area contributed by atoms with Crippen LogP contribution in [0.4, 0.5) is 0 Å². The number of benzene rings is 2. The summed E-state index contributed by atoms with van der Waals surface area (Å²) in [7, 11) is 0. The monoisotopic (exact) mass is 1620 g/mol. The summed E-state index contributed by atoms with van der Waals surface area (Å²) in [5.74, 6) is -11.8. The summed E-state index contributed by atoms with van der Waals surface area (Å²) in [6, 6.07) is -1.74. The molecule has 1 fully saturated rings. The maximum Gasteiger partial charge on any atom is 0.251 e. The number of amides is 13. The molecule has 3 rings (SSSR count). The van der Waals surface area contributed by atoms with Crippen molar-refractivity contribution in [1.29, 1.82) is 0 Å². The van der Waals surface area contributed by atoms with Gasteiger partial charge in [-0.15, -0.1) is 0 Å². The highest BCUT2D eigenvalue weighted by atomic mass is 16.6. The van der Waals surface area contributed by atoms with Crippen LogP contribution in [0.1, 0.15) is 158 Å². The molecule has 25 N–H and O–H groups in total. The van der Waals surface area contributed by atoms with E-state index in [-0.39, 0.29) is 173 Å². The molecule has 0 radical (unpaired) electrons. The quantitative estimate of drug-likeness (QED) is 0.0219. The lowest BCUT2D eigenvalue weighted by molar-refractivity contribution is -0.137. The summed E-state index contributed by atoms with van der Waals surface area (Å²) in [6.07, 6.45) is -2.12. The number of carbonyl (C=O) groups excluding carboxylic acids is 14. The minimum absolute atomic E-state index is 0.00234. The number of hydrogen-bond acceptors (Lipinski definition) is 25. The summed E-state index contributed by atoms with van der Waals surface area (Å²) in [6.45, 7) is 11.9. The summed E-state index contributed by atoms with van der Waals surface area (Å²) < 4.78 is 22.2. The zero-order valence-electron chi connectivity index (χ0n) is 67.5. The Hall–Kier alpha value is -9.22. The predicted octanol–water partition coefficient (Wildman–Crippen LogP) is -4.67. The Balaban J connectivity index is 1.79. The van der Waals surface area contributed by atoms with Gasteiger partial charge in [0.1, 0.15) is 66.5 Å². The van der Waals surface area contributed by atoms with E-state index >= 15 is 0 Å². The van der Waals surface area contributed by atoms with Gasteiger partial charge in [-0.1, -0.05) is 103 Å². The lowest BCUT2D eigenvalue weighted by Crippen LogP contribution is -2.62. The third-order valence-electron chi connectivity index (χ3n) is 18.3. The maximum atomic E-state index is 14.7. The molecule has 0 aliphatic carbocycles. The van der Waals surface area contributed by atoms with Crippen LogP contribution in [0.3, 0.4) is 0 Å². The highest BCUT2D eigenvalue weighted by Crippen LogP contribution is 2.15. The number of Topliss-reactive ketones (excluding diaryl/α,β-unsaturated/α-hetero) is 1. The second kappa shape index (κ2) is 56.1. The molecule has 13 amide bonds. The average Bonchev–Trinajstić information content (AvgIpc) is 1.32. The molecular weight excluding hydrogens is 1500 g/mol. The Labute approximate surface area is 672 Å². The molecule has 2 aromatic rings. The molecule has 13 atom stereocenters. The van der Waals surface area contributed by atoms with Crippen LogP contribution in [0.15, 0.2) is 54.6 Å². The van der Waals surface area contributed by atoms with Crippen LogP contribution in [0.2, 0.25) is 0 Å². The Bertz CT molecular complexity index is 3360. The van der Waals surface area contributed by atoms with Gasteiger partial charge in [-0.3, -0.25) is 67.1 Å². The number of nitrogens with two attached hydrogens (primary N) is 5. The van der Waals surface area contributed by atoms with Gasteiger partial charge < -0.3 is 127 Å². The van der Waals surface area contributed by atoms with Gasteiger partial charge in [0, 0.05) is 43.0 Å². The van der Waals surface area contributed by atoms with Crippen molar-refractivity contribution < 1.29 is 96.3 Å². The molecule has 1 aliphatic rings. The third kappa shape index (κ3) is 38.4. The molecule has 0 bridgehead atoms. The van der Waals surface area contributed by atoms with E-state index < -0.39 is 163 Å². The molecule has 0 saturated carbocycles. The van der Waals surface area contributed by atoms with Crippen molar-refractivity contribution in [1.82, 2.24) is 69.1 Å². The molecule has 38 nitrogen and oxygen atoms in total.